The fourth-order valence-electron chi connectivity index (χ4n) is 2.82. The van der Waals surface area contributed by atoms with Gasteiger partial charge in [0, 0.05) is 25.5 Å². The van der Waals surface area contributed by atoms with E-state index in [1.54, 1.807) is 30.1 Å². The maximum absolute atomic E-state index is 13.8. The minimum Gasteiger partial charge on any atom is -0.493 e. The number of sulfonamides is 1. The first-order chi connectivity index (χ1) is 13.4. The van der Waals surface area contributed by atoms with Gasteiger partial charge >= 0.3 is 0 Å². The second-order valence-electron chi connectivity index (χ2n) is 6.02. The second kappa shape index (κ2) is 7.99. The van der Waals surface area contributed by atoms with Crippen molar-refractivity contribution in [2.75, 3.05) is 14.2 Å². The number of halogens is 1. The van der Waals surface area contributed by atoms with Crippen LogP contribution in [0, 0.1) is 5.82 Å². The summed E-state index contributed by atoms with van der Waals surface area (Å²) in [6.45, 7) is 0. The van der Waals surface area contributed by atoms with Gasteiger partial charge in [-0.05, 0) is 29.8 Å². The number of ether oxygens (including phenoxy) is 2. The molecule has 1 heterocycles. The standard InChI is InChI=1S/C19H20FN3O4S/c1-23-10-9-21-19(23)18(13-5-4-6-14(20)11-13)22-28(24,25)15-7-8-16(26-2)17(12-15)27-3/h4-12,18,22H,1-3H3. The quantitative estimate of drug-likeness (QED) is 0.654. The van der Waals surface area contributed by atoms with Gasteiger partial charge in [0.1, 0.15) is 17.7 Å². The van der Waals surface area contributed by atoms with Crippen molar-refractivity contribution in [2.45, 2.75) is 10.9 Å². The molecule has 0 bridgehead atoms. The van der Waals surface area contributed by atoms with Gasteiger partial charge in [-0.15, -0.1) is 0 Å². The highest BCUT2D eigenvalue weighted by atomic mass is 32.2. The van der Waals surface area contributed by atoms with Gasteiger partial charge in [0.05, 0.1) is 19.1 Å². The molecule has 0 radical (unpaired) electrons. The number of imidazole rings is 1. The number of methoxy groups -OCH3 is 2. The molecule has 0 amide bonds. The number of hydrogen-bond donors (Lipinski definition) is 1. The van der Waals surface area contributed by atoms with Crippen molar-refractivity contribution in [3.05, 3.63) is 72.1 Å². The highest BCUT2D eigenvalue weighted by Crippen LogP contribution is 2.30. The number of benzene rings is 2. The molecular weight excluding hydrogens is 385 g/mol. The van der Waals surface area contributed by atoms with E-state index in [0.717, 1.165) is 0 Å². The van der Waals surface area contributed by atoms with E-state index < -0.39 is 21.9 Å². The predicted octanol–water partition coefficient (Wildman–Crippen LogP) is 2.64. The zero-order chi connectivity index (χ0) is 20.3. The first-order valence-electron chi connectivity index (χ1n) is 8.32. The van der Waals surface area contributed by atoms with E-state index in [-0.39, 0.29) is 10.6 Å². The van der Waals surface area contributed by atoms with Gasteiger partial charge in [-0.2, -0.15) is 4.72 Å². The van der Waals surface area contributed by atoms with Crippen LogP contribution in [0.1, 0.15) is 17.4 Å². The monoisotopic (exact) mass is 405 g/mol. The SMILES string of the molecule is COc1ccc(S(=O)(=O)NC(c2cccc(F)c2)c2nccn2C)cc1OC. The lowest BCUT2D eigenvalue weighted by Crippen LogP contribution is -2.31. The maximum atomic E-state index is 13.8. The van der Waals surface area contributed by atoms with Gasteiger partial charge in [-0.1, -0.05) is 12.1 Å². The van der Waals surface area contributed by atoms with Crippen molar-refractivity contribution in [2.24, 2.45) is 7.05 Å². The molecule has 9 heteroatoms. The Bertz CT molecular complexity index is 1080. The molecule has 0 fully saturated rings. The Morgan fingerprint density at radius 1 is 1.11 bits per heavy atom. The van der Waals surface area contributed by atoms with Crippen LogP contribution in [0.15, 0.2) is 59.8 Å². The minimum absolute atomic E-state index is 0.0132. The van der Waals surface area contributed by atoms with Crippen LogP contribution in [0.2, 0.25) is 0 Å². The summed E-state index contributed by atoms with van der Waals surface area (Å²) in [5.41, 5.74) is 0.429. The van der Waals surface area contributed by atoms with Gasteiger partial charge in [0.25, 0.3) is 0 Å². The van der Waals surface area contributed by atoms with Crippen molar-refractivity contribution < 1.29 is 22.3 Å². The summed E-state index contributed by atoms with van der Waals surface area (Å²) in [6.07, 6.45) is 3.23. The van der Waals surface area contributed by atoms with Gasteiger partial charge in [0.2, 0.25) is 10.0 Å². The lowest BCUT2D eigenvalue weighted by Gasteiger charge is -2.20. The van der Waals surface area contributed by atoms with E-state index in [4.69, 9.17) is 9.47 Å². The van der Waals surface area contributed by atoms with E-state index in [1.165, 1.54) is 50.6 Å². The third kappa shape index (κ3) is 4.00. The van der Waals surface area contributed by atoms with Crippen LogP contribution < -0.4 is 14.2 Å². The lowest BCUT2D eigenvalue weighted by atomic mass is 10.1. The van der Waals surface area contributed by atoms with Crippen molar-refractivity contribution in [1.82, 2.24) is 14.3 Å². The van der Waals surface area contributed by atoms with Crippen LogP contribution in [-0.2, 0) is 17.1 Å². The fraction of sp³-hybridized carbons (Fsp3) is 0.211. The number of nitrogens with one attached hydrogen (secondary N) is 1. The van der Waals surface area contributed by atoms with E-state index in [9.17, 15) is 12.8 Å². The van der Waals surface area contributed by atoms with E-state index in [0.29, 0.717) is 17.1 Å². The number of nitrogens with zero attached hydrogens (tertiary/aromatic N) is 2. The first-order valence-corrected chi connectivity index (χ1v) is 9.81. The Morgan fingerprint density at radius 2 is 1.86 bits per heavy atom. The van der Waals surface area contributed by atoms with E-state index in [1.807, 2.05) is 0 Å². The molecule has 1 unspecified atom stereocenters. The van der Waals surface area contributed by atoms with Crippen molar-refractivity contribution >= 4 is 10.0 Å². The van der Waals surface area contributed by atoms with Crippen molar-refractivity contribution in [3.8, 4) is 11.5 Å². The summed E-state index contributed by atoms with van der Waals surface area (Å²) < 4.78 is 54.5. The minimum atomic E-state index is -3.98. The molecule has 3 rings (SSSR count). The smallest absolute Gasteiger partial charge is 0.241 e. The van der Waals surface area contributed by atoms with Gasteiger partial charge in [-0.25, -0.2) is 17.8 Å². The van der Waals surface area contributed by atoms with Crippen molar-refractivity contribution in [1.29, 1.82) is 0 Å². The van der Waals surface area contributed by atoms with Crippen molar-refractivity contribution in [3.63, 3.8) is 0 Å². The molecule has 148 valence electrons. The number of hydrogen-bond acceptors (Lipinski definition) is 5. The molecule has 1 aromatic heterocycles. The fourth-order valence-corrected chi connectivity index (χ4v) is 4.02. The van der Waals surface area contributed by atoms with Crippen LogP contribution in [-0.4, -0.2) is 32.2 Å². The highest BCUT2D eigenvalue weighted by Gasteiger charge is 2.27. The molecule has 28 heavy (non-hydrogen) atoms. The molecule has 0 spiro atoms. The van der Waals surface area contributed by atoms with Crippen LogP contribution in [0.3, 0.4) is 0 Å². The summed E-state index contributed by atoms with van der Waals surface area (Å²) in [5, 5.41) is 0. The normalized spacial score (nSPS) is 12.6. The first kappa shape index (κ1) is 19.8. The largest absolute Gasteiger partial charge is 0.493 e. The molecule has 0 saturated carbocycles. The topological polar surface area (TPSA) is 82.5 Å². The Morgan fingerprint density at radius 3 is 2.46 bits per heavy atom. The van der Waals surface area contributed by atoms with Crippen LogP contribution >= 0.6 is 0 Å². The zero-order valence-corrected chi connectivity index (χ0v) is 16.4. The van der Waals surface area contributed by atoms with E-state index in [2.05, 4.69) is 9.71 Å². The zero-order valence-electron chi connectivity index (χ0n) is 15.6. The molecule has 0 saturated heterocycles. The third-order valence-corrected chi connectivity index (χ3v) is 5.66. The van der Waals surface area contributed by atoms with Gasteiger partial charge < -0.3 is 14.0 Å². The molecule has 0 aliphatic carbocycles. The maximum Gasteiger partial charge on any atom is 0.241 e. The predicted molar refractivity (Wildman–Crippen MR) is 101 cm³/mol. The summed E-state index contributed by atoms with van der Waals surface area (Å²) in [6, 6.07) is 9.12. The molecule has 2 aromatic carbocycles. The third-order valence-electron chi connectivity index (χ3n) is 4.24. The highest BCUT2D eigenvalue weighted by molar-refractivity contribution is 7.89. The van der Waals surface area contributed by atoms with Crippen LogP contribution in [0.4, 0.5) is 4.39 Å². The van der Waals surface area contributed by atoms with Crippen LogP contribution in [0.25, 0.3) is 0 Å². The average Bonchev–Trinajstić information content (AvgIpc) is 3.11. The summed E-state index contributed by atoms with van der Waals surface area (Å²) >= 11 is 0. The molecule has 0 aliphatic heterocycles. The molecule has 1 N–H and O–H groups in total. The number of aryl methyl sites for hydroxylation is 1. The lowest BCUT2D eigenvalue weighted by molar-refractivity contribution is 0.354. The van der Waals surface area contributed by atoms with Gasteiger partial charge in [0.15, 0.2) is 11.5 Å². The molecular formula is C19H20FN3O4S. The Labute approximate surface area is 162 Å². The molecule has 0 aliphatic rings. The van der Waals surface area contributed by atoms with Crippen LogP contribution in [0.5, 0.6) is 11.5 Å². The second-order valence-corrected chi connectivity index (χ2v) is 7.74. The Hall–Kier alpha value is -2.91. The molecule has 1 atom stereocenters. The number of rotatable bonds is 7. The summed E-state index contributed by atoms with van der Waals surface area (Å²) in [7, 11) is 0.639. The van der Waals surface area contributed by atoms with E-state index >= 15 is 0 Å². The molecule has 3 aromatic rings. The number of aromatic nitrogens is 2. The molecule has 7 nitrogen and oxygen atoms in total. The Balaban J connectivity index is 2.04. The summed E-state index contributed by atoms with van der Waals surface area (Å²) in [5.74, 6) is 0.647. The summed E-state index contributed by atoms with van der Waals surface area (Å²) in [4.78, 5) is 4.22. The Kier molecular flexibility index (Phi) is 5.66. The average molecular weight is 405 g/mol. The van der Waals surface area contributed by atoms with Gasteiger partial charge in [-0.3, -0.25) is 0 Å².